The Morgan fingerprint density at radius 2 is 2.25 bits per heavy atom. The molecule has 1 atom stereocenters. The Morgan fingerprint density at radius 1 is 1.46 bits per heavy atom. The summed E-state index contributed by atoms with van der Waals surface area (Å²) in [5.41, 5.74) is 6.33. The van der Waals surface area contributed by atoms with Gasteiger partial charge in [0.05, 0.1) is 12.7 Å². The van der Waals surface area contributed by atoms with Crippen molar-refractivity contribution in [1.29, 1.82) is 0 Å². The highest BCUT2D eigenvalue weighted by Crippen LogP contribution is 2.27. The van der Waals surface area contributed by atoms with E-state index in [2.05, 4.69) is 10.1 Å². The largest absolute Gasteiger partial charge is 0.485 e. The molecule has 1 fully saturated rings. The predicted octanol–water partition coefficient (Wildman–Crippen LogP) is 0.757. The van der Waals surface area contributed by atoms with Gasteiger partial charge in [-0.05, 0) is 12.1 Å². The highest BCUT2D eigenvalue weighted by Gasteiger charge is 2.30. The molecule has 1 aliphatic rings. The molecule has 0 bridgehead atoms. The fourth-order valence-electron chi connectivity index (χ4n) is 2.78. The highest BCUT2D eigenvalue weighted by atomic mass is 16.5. The van der Waals surface area contributed by atoms with E-state index < -0.39 is 0 Å². The van der Waals surface area contributed by atoms with E-state index in [0.717, 1.165) is 18.0 Å². The van der Waals surface area contributed by atoms with E-state index >= 15 is 0 Å². The molecule has 1 saturated heterocycles. The second-order valence-corrected chi connectivity index (χ2v) is 6.07. The lowest BCUT2D eigenvalue weighted by Crippen LogP contribution is -2.31. The van der Waals surface area contributed by atoms with E-state index in [4.69, 9.17) is 10.5 Å². The maximum atomic E-state index is 12.6. The molecular weight excluding hydrogens is 308 g/mol. The van der Waals surface area contributed by atoms with Crippen molar-refractivity contribution in [3.63, 3.8) is 0 Å². The number of nitrogens with two attached hydrogens (primary N) is 1. The average Bonchev–Trinajstić information content (AvgIpc) is 3.15. The lowest BCUT2D eigenvalue weighted by molar-refractivity contribution is 0.0773. The Hall–Kier alpha value is -2.77. The molecule has 2 aromatic heterocycles. The number of rotatable bonds is 4. The van der Waals surface area contributed by atoms with E-state index in [1.165, 1.54) is 10.9 Å². The Labute approximate surface area is 140 Å². The zero-order valence-corrected chi connectivity index (χ0v) is 14.1. The van der Waals surface area contributed by atoms with Gasteiger partial charge in [0.15, 0.2) is 11.6 Å². The van der Waals surface area contributed by atoms with Crippen LogP contribution in [0.3, 0.4) is 0 Å². The molecule has 2 N–H and O–H groups in total. The summed E-state index contributed by atoms with van der Waals surface area (Å²) in [6, 6.07) is 3.74. The summed E-state index contributed by atoms with van der Waals surface area (Å²) in [7, 11) is 5.56. The minimum atomic E-state index is -0.106. The molecule has 1 amide bonds. The number of carbonyl (C=O) groups excluding carboxylic acids is 1. The molecule has 3 rings (SSSR count). The Morgan fingerprint density at radius 3 is 2.92 bits per heavy atom. The molecule has 0 spiro atoms. The molecule has 0 saturated carbocycles. The molecule has 128 valence electrons. The topological polar surface area (TPSA) is 89.5 Å². The second-order valence-electron chi connectivity index (χ2n) is 6.07. The number of pyridine rings is 1. The van der Waals surface area contributed by atoms with Gasteiger partial charge in [-0.2, -0.15) is 5.10 Å². The van der Waals surface area contributed by atoms with E-state index in [-0.39, 0.29) is 12.0 Å². The SMILES string of the molecule is CN(C)c1ncccc1O[C@@H]1CCN(C(=O)c2cnn(C)c2N)C1. The van der Waals surface area contributed by atoms with Crippen molar-refractivity contribution in [3.05, 3.63) is 30.1 Å². The van der Waals surface area contributed by atoms with Crippen molar-refractivity contribution in [1.82, 2.24) is 19.7 Å². The molecule has 8 heteroatoms. The molecule has 0 aliphatic carbocycles. The third-order valence-electron chi connectivity index (χ3n) is 4.12. The van der Waals surface area contributed by atoms with Crippen molar-refractivity contribution in [3.8, 4) is 5.75 Å². The fourth-order valence-corrected chi connectivity index (χ4v) is 2.78. The number of likely N-dealkylation sites (tertiary alicyclic amines) is 1. The zero-order valence-electron chi connectivity index (χ0n) is 14.1. The van der Waals surface area contributed by atoms with Crippen LogP contribution in [0.1, 0.15) is 16.8 Å². The van der Waals surface area contributed by atoms with Crippen LogP contribution in [0.25, 0.3) is 0 Å². The summed E-state index contributed by atoms with van der Waals surface area (Å²) in [6.45, 7) is 1.16. The molecular formula is C16H22N6O2. The van der Waals surface area contributed by atoms with Crippen molar-refractivity contribution in [2.45, 2.75) is 12.5 Å². The van der Waals surface area contributed by atoms with Crippen LogP contribution in [-0.4, -0.2) is 58.9 Å². The number of amides is 1. The van der Waals surface area contributed by atoms with Gasteiger partial charge in [-0.15, -0.1) is 0 Å². The minimum Gasteiger partial charge on any atom is -0.485 e. The molecule has 0 aromatic carbocycles. The Balaban J connectivity index is 1.68. The van der Waals surface area contributed by atoms with Crippen molar-refractivity contribution < 1.29 is 9.53 Å². The van der Waals surface area contributed by atoms with Gasteiger partial charge in [-0.1, -0.05) is 0 Å². The molecule has 8 nitrogen and oxygen atoms in total. The van der Waals surface area contributed by atoms with E-state index in [1.54, 1.807) is 18.1 Å². The van der Waals surface area contributed by atoms with Crippen molar-refractivity contribution >= 4 is 17.5 Å². The number of carbonyl (C=O) groups is 1. The summed E-state index contributed by atoms with van der Waals surface area (Å²) in [4.78, 5) is 20.6. The number of anilines is 2. The van der Waals surface area contributed by atoms with Crippen LogP contribution in [0.4, 0.5) is 11.6 Å². The van der Waals surface area contributed by atoms with Crippen LogP contribution < -0.4 is 15.4 Å². The van der Waals surface area contributed by atoms with Gasteiger partial charge in [0, 0.05) is 40.3 Å². The van der Waals surface area contributed by atoms with Gasteiger partial charge in [-0.25, -0.2) is 4.98 Å². The minimum absolute atomic E-state index is 0.0604. The monoisotopic (exact) mass is 330 g/mol. The lowest BCUT2D eigenvalue weighted by Gasteiger charge is -2.20. The fraction of sp³-hybridized carbons (Fsp3) is 0.438. The Kier molecular flexibility index (Phi) is 4.28. The molecule has 24 heavy (non-hydrogen) atoms. The first-order valence-corrected chi connectivity index (χ1v) is 7.83. The average molecular weight is 330 g/mol. The van der Waals surface area contributed by atoms with Crippen LogP contribution >= 0.6 is 0 Å². The van der Waals surface area contributed by atoms with Crippen LogP contribution in [0.15, 0.2) is 24.5 Å². The molecule has 1 aliphatic heterocycles. The summed E-state index contributed by atoms with van der Waals surface area (Å²) < 4.78 is 7.57. The summed E-state index contributed by atoms with van der Waals surface area (Å²) in [5, 5.41) is 4.03. The van der Waals surface area contributed by atoms with Gasteiger partial charge in [0.25, 0.3) is 5.91 Å². The summed E-state index contributed by atoms with van der Waals surface area (Å²) in [5.74, 6) is 1.78. The first-order chi connectivity index (χ1) is 11.5. The normalized spacial score (nSPS) is 17.1. The van der Waals surface area contributed by atoms with Crippen LogP contribution in [0.2, 0.25) is 0 Å². The Bertz CT molecular complexity index is 742. The number of ether oxygens (including phenoxy) is 1. The zero-order chi connectivity index (χ0) is 17.3. The van der Waals surface area contributed by atoms with Crippen LogP contribution in [0, 0.1) is 0 Å². The predicted molar refractivity (Wildman–Crippen MR) is 91.1 cm³/mol. The van der Waals surface area contributed by atoms with E-state index in [9.17, 15) is 4.79 Å². The van der Waals surface area contributed by atoms with Crippen LogP contribution in [0.5, 0.6) is 5.75 Å². The van der Waals surface area contributed by atoms with Gasteiger partial charge in [0.2, 0.25) is 0 Å². The second kappa shape index (κ2) is 6.38. The lowest BCUT2D eigenvalue weighted by atomic mass is 10.3. The highest BCUT2D eigenvalue weighted by molar-refractivity contribution is 5.98. The summed E-state index contributed by atoms with van der Waals surface area (Å²) in [6.07, 6.45) is 3.96. The quantitative estimate of drug-likeness (QED) is 0.890. The van der Waals surface area contributed by atoms with Crippen molar-refractivity contribution in [2.24, 2.45) is 7.05 Å². The van der Waals surface area contributed by atoms with Gasteiger partial charge >= 0.3 is 0 Å². The maximum absolute atomic E-state index is 12.6. The molecule has 0 unspecified atom stereocenters. The third kappa shape index (κ3) is 2.99. The van der Waals surface area contributed by atoms with Crippen LogP contribution in [-0.2, 0) is 7.05 Å². The van der Waals surface area contributed by atoms with Gasteiger partial charge in [0.1, 0.15) is 17.5 Å². The number of aryl methyl sites for hydroxylation is 1. The number of aromatic nitrogens is 3. The third-order valence-corrected chi connectivity index (χ3v) is 4.12. The molecule has 0 radical (unpaired) electrons. The van der Waals surface area contributed by atoms with E-state index in [1.807, 2.05) is 31.1 Å². The standard InChI is InChI=1S/C16H22N6O2/c1-20(2)15-13(5-4-7-18-15)24-11-6-8-22(10-11)16(23)12-9-19-21(3)14(12)17/h4-5,7,9,11H,6,8,10,17H2,1-3H3/t11-/m1/s1. The van der Waals surface area contributed by atoms with Gasteiger partial charge < -0.3 is 20.3 Å². The van der Waals surface area contributed by atoms with Crippen molar-refractivity contribution in [2.75, 3.05) is 37.8 Å². The summed E-state index contributed by atoms with van der Waals surface area (Å²) >= 11 is 0. The van der Waals surface area contributed by atoms with Gasteiger partial charge in [-0.3, -0.25) is 9.48 Å². The first-order valence-electron chi connectivity index (χ1n) is 7.83. The number of hydrogen-bond acceptors (Lipinski definition) is 6. The number of hydrogen-bond donors (Lipinski definition) is 1. The maximum Gasteiger partial charge on any atom is 0.259 e. The first kappa shape index (κ1) is 16.1. The number of nitrogens with zero attached hydrogens (tertiary/aromatic N) is 5. The molecule has 3 heterocycles. The number of nitrogen functional groups attached to an aromatic ring is 1. The molecule has 2 aromatic rings. The smallest absolute Gasteiger partial charge is 0.259 e. The van der Waals surface area contributed by atoms with E-state index in [0.29, 0.717) is 24.5 Å².